The molecule has 1 aromatic heterocycles. The van der Waals surface area contributed by atoms with Crippen LogP contribution in [-0.2, 0) is 0 Å². The maximum absolute atomic E-state index is 12.3. The summed E-state index contributed by atoms with van der Waals surface area (Å²) in [5.74, 6) is -0.586. The van der Waals surface area contributed by atoms with Crippen molar-refractivity contribution < 1.29 is 9.18 Å². The second-order valence-corrected chi connectivity index (χ2v) is 1.92. The minimum Gasteiger partial charge on any atom is -0.274 e. The van der Waals surface area contributed by atoms with E-state index in [0.29, 0.717) is 0 Å². The predicted octanol–water partition coefficient (Wildman–Crippen LogP) is 0.881. The van der Waals surface area contributed by atoms with Crippen LogP contribution in [0.1, 0.15) is 11.7 Å². The van der Waals surface area contributed by atoms with E-state index in [1.54, 1.807) is 0 Å². The maximum Gasteiger partial charge on any atom is 0.266 e. The first kappa shape index (κ1) is 6.92. The highest BCUT2D eigenvalue weighted by molar-refractivity contribution is 5.82. The normalized spacial score (nSPS) is 13.0. The zero-order valence-electron chi connectivity index (χ0n) is 5.49. The third kappa shape index (κ3) is 1.21. The fraction of sp³-hybridized carbons (Fsp3) is 0.333. The zero-order valence-corrected chi connectivity index (χ0v) is 5.49. The van der Waals surface area contributed by atoms with Gasteiger partial charge < -0.3 is 0 Å². The number of hydrogen-bond acceptors (Lipinski definition) is 2. The molecule has 3 nitrogen and oxygen atoms in total. The van der Waals surface area contributed by atoms with Crippen LogP contribution in [0.2, 0.25) is 0 Å². The fourth-order valence-electron chi connectivity index (χ4n) is 0.595. The first-order valence-corrected chi connectivity index (χ1v) is 2.88. The number of alkyl halides is 1. The van der Waals surface area contributed by atoms with E-state index in [0.717, 1.165) is 4.57 Å². The van der Waals surface area contributed by atoms with E-state index >= 15 is 0 Å². The lowest BCUT2D eigenvalue weighted by Gasteiger charge is -1.98. The van der Waals surface area contributed by atoms with Crippen LogP contribution >= 0.6 is 0 Å². The van der Waals surface area contributed by atoms with Crippen LogP contribution in [0.15, 0.2) is 18.7 Å². The molecule has 1 heterocycles. The molecule has 0 spiro atoms. The van der Waals surface area contributed by atoms with Gasteiger partial charge in [-0.05, 0) is 6.92 Å². The lowest BCUT2D eigenvalue weighted by Crippen LogP contribution is -2.18. The summed E-state index contributed by atoms with van der Waals surface area (Å²) < 4.78 is 13.4. The summed E-state index contributed by atoms with van der Waals surface area (Å²) in [5, 5.41) is 0. The molecule has 0 aromatic carbocycles. The van der Waals surface area contributed by atoms with Crippen molar-refractivity contribution in [2.24, 2.45) is 0 Å². The van der Waals surface area contributed by atoms with E-state index in [2.05, 4.69) is 4.98 Å². The molecule has 54 valence electrons. The topological polar surface area (TPSA) is 34.9 Å². The Morgan fingerprint density at radius 3 is 2.90 bits per heavy atom. The monoisotopic (exact) mass is 142 g/mol. The molecule has 10 heavy (non-hydrogen) atoms. The third-order valence-electron chi connectivity index (χ3n) is 1.10. The van der Waals surface area contributed by atoms with Crippen molar-refractivity contribution in [1.82, 2.24) is 9.55 Å². The molecule has 0 N–H and O–H groups in total. The summed E-state index contributed by atoms with van der Waals surface area (Å²) in [4.78, 5) is 14.4. The molecule has 0 aliphatic rings. The summed E-state index contributed by atoms with van der Waals surface area (Å²) in [6.07, 6.45) is 2.66. The zero-order chi connectivity index (χ0) is 7.56. The van der Waals surface area contributed by atoms with Crippen LogP contribution in [-0.4, -0.2) is 21.6 Å². The molecule has 1 unspecified atom stereocenters. The van der Waals surface area contributed by atoms with Crippen molar-refractivity contribution in [3.8, 4) is 0 Å². The summed E-state index contributed by atoms with van der Waals surface area (Å²) in [6, 6.07) is 0. The Labute approximate surface area is 57.5 Å². The Morgan fingerprint density at radius 1 is 1.80 bits per heavy atom. The number of carbonyl (C=O) groups excluding carboxylic acids is 1. The quantitative estimate of drug-likeness (QED) is 0.583. The van der Waals surface area contributed by atoms with E-state index in [1.165, 1.54) is 25.6 Å². The average molecular weight is 142 g/mol. The molecule has 0 saturated heterocycles. The lowest BCUT2D eigenvalue weighted by molar-refractivity contribution is 0.0805. The van der Waals surface area contributed by atoms with Gasteiger partial charge in [-0.15, -0.1) is 0 Å². The van der Waals surface area contributed by atoms with E-state index in [9.17, 15) is 9.18 Å². The Balaban J connectivity index is 2.78. The van der Waals surface area contributed by atoms with Gasteiger partial charge in [0.1, 0.15) is 6.33 Å². The minimum atomic E-state index is -1.46. The molecule has 0 aliphatic heterocycles. The number of nitrogens with zero attached hydrogens (tertiary/aromatic N) is 2. The third-order valence-corrected chi connectivity index (χ3v) is 1.10. The van der Waals surface area contributed by atoms with Gasteiger partial charge in [-0.25, -0.2) is 9.37 Å². The molecule has 0 aliphatic carbocycles. The van der Waals surface area contributed by atoms with E-state index < -0.39 is 12.1 Å². The second kappa shape index (κ2) is 2.60. The summed E-state index contributed by atoms with van der Waals surface area (Å²) in [6.45, 7) is 1.20. The number of halogens is 1. The molecule has 0 amide bonds. The van der Waals surface area contributed by atoms with E-state index in [1.807, 2.05) is 0 Å². The van der Waals surface area contributed by atoms with Gasteiger partial charge in [0.25, 0.3) is 5.91 Å². The Hall–Kier alpha value is -1.19. The van der Waals surface area contributed by atoms with Gasteiger partial charge >= 0.3 is 0 Å². The molecule has 1 atom stereocenters. The second-order valence-electron chi connectivity index (χ2n) is 1.92. The smallest absolute Gasteiger partial charge is 0.266 e. The number of carbonyl (C=O) groups is 1. The van der Waals surface area contributed by atoms with Gasteiger partial charge in [0.2, 0.25) is 0 Å². The minimum absolute atomic E-state index is 0.586. The molecule has 0 bridgehead atoms. The lowest BCUT2D eigenvalue weighted by atomic mass is 10.4. The van der Waals surface area contributed by atoms with E-state index in [4.69, 9.17) is 0 Å². The predicted molar refractivity (Wildman–Crippen MR) is 33.4 cm³/mol. The maximum atomic E-state index is 12.3. The SMILES string of the molecule is CC(F)C(=O)n1ccnc1. The summed E-state index contributed by atoms with van der Waals surface area (Å²) in [5.41, 5.74) is 0. The number of rotatable bonds is 1. The van der Waals surface area contributed by atoms with E-state index in [-0.39, 0.29) is 0 Å². The number of aromatic nitrogens is 2. The van der Waals surface area contributed by atoms with Crippen molar-refractivity contribution in [2.45, 2.75) is 13.1 Å². The van der Waals surface area contributed by atoms with Crippen LogP contribution in [0, 0.1) is 0 Å². The summed E-state index contributed by atoms with van der Waals surface area (Å²) >= 11 is 0. The Bertz CT molecular complexity index is 218. The molecular formula is C6H7FN2O. The fourth-order valence-corrected chi connectivity index (χ4v) is 0.595. The molecule has 4 heteroatoms. The number of hydrogen-bond donors (Lipinski definition) is 0. The first-order valence-electron chi connectivity index (χ1n) is 2.88. The van der Waals surface area contributed by atoms with Crippen molar-refractivity contribution in [3.05, 3.63) is 18.7 Å². The van der Waals surface area contributed by atoms with Gasteiger partial charge in [-0.1, -0.05) is 0 Å². The first-order chi connectivity index (χ1) is 4.72. The van der Waals surface area contributed by atoms with Gasteiger partial charge in [-0.2, -0.15) is 0 Å². The van der Waals surface area contributed by atoms with Gasteiger partial charge in [-0.3, -0.25) is 9.36 Å². The molecular weight excluding hydrogens is 135 g/mol. The van der Waals surface area contributed by atoms with Crippen molar-refractivity contribution in [2.75, 3.05) is 0 Å². The Kier molecular flexibility index (Phi) is 1.80. The molecule has 1 aromatic rings. The molecule has 0 saturated carbocycles. The van der Waals surface area contributed by atoms with Gasteiger partial charge in [0, 0.05) is 12.4 Å². The average Bonchev–Trinajstić information content (AvgIpc) is 2.36. The van der Waals surface area contributed by atoms with Crippen LogP contribution in [0.3, 0.4) is 0 Å². The largest absolute Gasteiger partial charge is 0.274 e. The number of imidazole rings is 1. The van der Waals surface area contributed by atoms with Crippen LogP contribution in [0.25, 0.3) is 0 Å². The molecule has 1 rings (SSSR count). The summed E-state index contributed by atoms with van der Waals surface area (Å²) in [7, 11) is 0. The van der Waals surface area contributed by atoms with Crippen molar-refractivity contribution in [1.29, 1.82) is 0 Å². The van der Waals surface area contributed by atoms with Crippen molar-refractivity contribution in [3.63, 3.8) is 0 Å². The Morgan fingerprint density at radius 2 is 2.50 bits per heavy atom. The molecule has 0 fully saturated rings. The van der Waals surface area contributed by atoms with Gasteiger partial charge in [0.15, 0.2) is 6.17 Å². The van der Waals surface area contributed by atoms with Crippen LogP contribution < -0.4 is 0 Å². The molecule has 0 radical (unpaired) electrons. The van der Waals surface area contributed by atoms with Gasteiger partial charge in [0.05, 0.1) is 0 Å². The highest BCUT2D eigenvalue weighted by atomic mass is 19.1. The highest BCUT2D eigenvalue weighted by Crippen LogP contribution is 1.94. The van der Waals surface area contributed by atoms with Crippen molar-refractivity contribution >= 4 is 5.91 Å². The van der Waals surface area contributed by atoms with Crippen LogP contribution in [0.4, 0.5) is 4.39 Å². The highest BCUT2D eigenvalue weighted by Gasteiger charge is 2.11. The standard InChI is InChI=1S/C6H7FN2O/c1-5(7)6(10)9-3-2-8-4-9/h2-5H,1H3. The van der Waals surface area contributed by atoms with Crippen LogP contribution in [0.5, 0.6) is 0 Å².